The molecule has 1 amide bonds. The molecule has 0 spiro atoms. The van der Waals surface area contributed by atoms with Gasteiger partial charge in [0.1, 0.15) is 5.82 Å². The van der Waals surface area contributed by atoms with E-state index in [1.165, 1.54) is 25.3 Å². The number of carbonyl (C=O) groups is 1. The number of amides is 1. The Bertz CT molecular complexity index is 641. The molecule has 1 aromatic rings. The van der Waals surface area contributed by atoms with Gasteiger partial charge >= 0.3 is 0 Å². The smallest absolute Gasteiger partial charge is 0.254 e. The fraction of sp³-hybridized carbons (Fsp3) is 0.526. The van der Waals surface area contributed by atoms with Gasteiger partial charge in [0.25, 0.3) is 5.91 Å². The molecular formula is C19H22FNO. The van der Waals surface area contributed by atoms with Crippen LogP contribution in [0.25, 0.3) is 0 Å². The predicted octanol–water partition coefficient (Wildman–Crippen LogP) is 4.38. The van der Waals surface area contributed by atoms with Crippen LogP contribution in [0.3, 0.4) is 0 Å². The van der Waals surface area contributed by atoms with Crippen LogP contribution in [0.5, 0.6) is 0 Å². The summed E-state index contributed by atoms with van der Waals surface area (Å²) < 4.78 is 13.8. The molecule has 4 rings (SSSR count). The van der Waals surface area contributed by atoms with Crippen LogP contribution in [0.2, 0.25) is 0 Å². The SMILES string of the molecule is Cc1ccc(C(=O)N2C3CCC2CC(=C2CCC2)C3)cc1F. The number of carbonyl (C=O) groups excluding carboxylic acids is 1. The standard InChI is InChI=1S/C19H22FNO/c1-12-5-6-14(11-18(12)20)19(22)21-16-7-8-17(21)10-15(9-16)13-3-2-4-13/h5-6,11,16-17H,2-4,7-10H2,1H3. The van der Waals surface area contributed by atoms with Gasteiger partial charge in [-0.25, -0.2) is 4.39 Å². The molecule has 2 heterocycles. The molecule has 3 aliphatic rings. The minimum Gasteiger partial charge on any atom is -0.332 e. The van der Waals surface area contributed by atoms with E-state index in [0.717, 1.165) is 25.7 Å². The van der Waals surface area contributed by atoms with Gasteiger partial charge in [0.2, 0.25) is 0 Å². The van der Waals surface area contributed by atoms with Crippen molar-refractivity contribution in [3.8, 4) is 0 Å². The number of nitrogens with zero attached hydrogens (tertiary/aromatic N) is 1. The molecule has 2 atom stereocenters. The minimum atomic E-state index is -0.285. The Morgan fingerprint density at radius 3 is 2.36 bits per heavy atom. The molecule has 22 heavy (non-hydrogen) atoms. The molecule has 1 aromatic carbocycles. The van der Waals surface area contributed by atoms with Crippen molar-refractivity contribution in [3.05, 3.63) is 46.3 Å². The summed E-state index contributed by atoms with van der Waals surface area (Å²) in [5.74, 6) is -0.267. The molecule has 0 aromatic heterocycles. The van der Waals surface area contributed by atoms with E-state index in [1.54, 1.807) is 30.2 Å². The second-order valence-corrected chi connectivity index (χ2v) is 7.03. The van der Waals surface area contributed by atoms with E-state index in [2.05, 4.69) is 0 Å². The first-order valence-corrected chi connectivity index (χ1v) is 8.42. The summed E-state index contributed by atoms with van der Waals surface area (Å²) >= 11 is 0. The summed E-state index contributed by atoms with van der Waals surface area (Å²) in [5, 5.41) is 0. The van der Waals surface area contributed by atoms with E-state index in [4.69, 9.17) is 0 Å². The normalized spacial score (nSPS) is 27.1. The van der Waals surface area contributed by atoms with Crippen molar-refractivity contribution in [1.29, 1.82) is 0 Å². The molecule has 1 saturated carbocycles. The Kier molecular flexibility index (Phi) is 3.32. The van der Waals surface area contributed by atoms with Crippen molar-refractivity contribution in [1.82, 2.24) is 4.90 Å². The summed E-state index contributed by atoms with van der Waals surface area (Å²) in [6.45, 7) is 1.73. The van der Waals surface area contributed by atoms with Crippen LogP contribution in [-0.4, -0.2) is 22.9 Å². The highest BCUT2D eigenvalue weighted by Crippen LogP contribution is 2.43. The van der Waals surface area contributed by atoms with Crippen molar-refractivity contribution < 1.29 is 9.18 Å². The van der Waals surface area contributed by atoms with Crippen molar-refractivity contribution in [2.75, 3.05) is 0 Å². The van der Waals surface area contributed by atoms with E-state index in [0.29, 0.717) is 23.2 Å². The van der Waals surface area contributed by atoms with Gasteiger partial charge in [0.05, 0.1) is 0 Å². The molecule has 1 aliphatic carbocycles. The number of halogens is 1. The van der Waals surface area contributed by atoms with E-state index >= 15 is 0 Å². The van der Waals surface area contributed by atoms with Gasteiger partial charge in [-0.2, -0.15) is 0 Å². The highest BCUT2D eigenvalue weighted by Gasteiger charge is 2.42. The summed E-state index contributed by atoms with van der Waals surface area (Å²) in [6.07, 6.45) is 8.16. The largest absolute Gasteiger partial charge is 0.332 e. The van der Waals surface area contributed by atoms with Crippen molar-refractivity contribution in [3.63, 3.8) is 0 Å². The first-order valence-electron chi connectivity index (χ1n) is 8.42. The van der Waals surface area contributed by atoms with Crippen LogP contribution >= 0.6 is 0 Å². The molecule has 0 N–H and O–H groups in total. The predicted molar refractivity (Wildman–Crippen MR) is 84.2 cm³/mol. The zero-order valence-electron chi connectivity index (χ0n) is 13.1. The number of fused-ring (bicyclic) bond motifs is 2. The van der Waals surface area contributed by atoms with Crippen LogP contribution in [-0.2, 0) is 0 Å². The van der Waals surface area contributed by atoms with Crippen molar-refractivity contribution in [2.24, 2.45) is 0 Å². The van der Waals surface area contributed by atoms with Gasteiger partial charge in [-0.1, -0.05) is 17.2 Å². The number of allylic oxidation sites excluding steroid dienone is 1. The van der Waals surface area contributed by atoms with Crippen LogP contribution in [0.4, 0.5) is 4.39 Å². The Labute approximate surface area is 131 Å². The molecule has 2 nitrogen and oxygen atoms in total. The lowest BCUT2D eigenvalue weighted by molar-refractivity contribution is 0.0632. The van der Waals surface area contributed by atoms with E-state index in [9.17, 15) is 9.18 Å². The molecule has 2 saturated heterocycles. The van der Waals surface area contributed by atoms with E-state index in [-0.39, 0.29) is 11.7 Å². The maximum Gasteiger partial charge on any atom is 0.254 e. The molecule has 3 heteroatoms. The molecule has 116 valence electrons. The number of piperidine rings is 1. The van der Waals surface area contributed by atoms with Crippen molar-refractivity contribution >= 4 is 5.91 Å². The van der Waals surface area contributed by atoms with Crippen LogP contribution in [0.15, 0.2) is 29.3 Å². The fourth-order valence-electron chi connectivity index (χ4n) is 4.22. The monoisotopic (exact) mass is 299 g/mol. The molecule has 3 fully saturated rings. The average molecular weight is 299 g/mol. The van der Waals surface area contributed by atoms with Gasteiger partial charge in [-0.15, -0.1) is 0 Å². The van der Waals surface area contributed by atoms with Crippen LogP contribution < -0.4 is 0 Å². The molecule has 0 radical (unpaired) electrons. The molecule has 2 bridgehead atoms. The Hall–Kier alpha value is -1.64. The third-order valence-electron chi connectivity index (χ3n) is 5.69. The number of hydrogen-bond acceptors (Lipinski definition) is 1. The maximum absolute atomic E-state index is 13.8. The molecule has 2 aliphatic heterocycles. The summed E-state index contributed by atoms with van der Waals surface area (Å²) in [5.41, 5.74) is 4.37. The Morgan fingerprint density at radius 1 is 1.14 bits per heavy atom. The maximum atomic E-state index is 13.8. The summed E-state index contributed by atoms with van der Waals surface area (Å²) in [4.78, 5) is 14.9. The molecular weight excluding hydrogens is 277 g/mol. The second-order valence-electron chi connectivity index (χ2n) is 7.03. The topological polar surface area (TPSA) is 20.3 Å². The lowest BCUT2D eigenvalue weighted by Crippen LogP contribution is -2.45. The number of aryl methyl sites for hydroxylation is 1. The van der Waals surface area contributed by atoms with Gasteiger partial charge in [0, 0.05) is 17.6 Å². The highest BCUT2D eigenvalue weighted by molar-refractivity contribution is 5.95. The van der Waals surface area contributed by atoms with Gasteiger partial charge in [-0.05, 0) is 69.6 Å². The first kappa shape index (κ1) is 14.0. The second kappa shape index (κ2) is 5.22. The van der Waals surface area contributed by atoms with Crippen molar-refractivity contribution in [2.45, 2.75) is 64.0 Å². The first-order chi connectivity index (χ1) is 10.6. The van der Waals surface area contributed by atoms with Gasteiger partial charge in [0.15, 0.2) is 0 Å². The lowest BCUT2D eigenvalue weighted by atomic mass is 9.82. The lowest BCUT2D eigenvalue weighted by Gasteiger charge is -2.38. The van der Waals surface area contributed by atoms with Gasteiger partial charge < -0.3 is 4.90 Å². The highest BCUT2D eigenvalue weighted by atomic mass is 19.1. The fourth-order valence-corrected chi connectivity index (χ4v) is 4.22. The van der Waals surface area contributed by atoms with Crippen LogP contribution in [0, 0.1) is 12.7 Å². The molecule has 2 unspecified atom stereocenters. The summed E-state index contributed by atoms with van der Waals surface area (Å²) in [7, 11) is 0. The third kappa shape index (κ3) is 2.18. The number of hydrogen-bond donors (Lipinski definition) is 0. The third-order valence-corrected chi connectivity index (χ3v) is 5.69. The van der Waals surface area contributed by atoms with E-state index in [1.807, 2.05) is 4.90 Å². The summed E-state index contributed by atoms with van der Waals surface area (Å²) in [6, 6.07) is 5.53. The van der Waals surface area contributed by atoms with Gasteiger partial charge in [-0.3, -0.25) is 4.79 Å². The van der Waals surface area contributed by atoms with E-state index < -0.39 is 0 Å². The van der Waals surface area contributed by atoms with Crippen LogP contribution in [0.1, 0.15) is 60.9 Å². The number of benzene rings is 1. The number of rotatable bonds is 1. The Morgan fingerprint density at radius 2 is 1.82 bits per heavy atom. The quantitative estimate of drug-likeness (QED) is 0.705. The minimum absolute atomic E-state index is 0.0176. The zero-order valence-corrected chi connectivity index (χ0v) is 13.1. The average Bonchev–Trinajstić information content (AvgIpc) is 2.70. The Balaban J connectivity index is 1.58. The zero-order chi connectivity index (χ0) is 15.3.